The lowest BCUT2D eigenvalue weighted by Crippen LogP contribution is -2.40. The van der Waals surface area contributed by atoms with E-state index in [2.05, 4.69) is 10.1 Å². The van der Waals surface area contributed by atoms with Crippen LogP contribution < -0.4 is 5.32 Å². The first-order chi connectivity index (χ1) is 12.7. The van der Waals surface area contributed by atoms with E-state index < -0.39 is 18.1 Å². The summed E-state index contributed by atoms with van der Waals surface area (Å²) >= 11 is 0. The van der Waals surface area contributed by atoms with Gasteiger partial charge >= 0.3 is 12.1 Å². The van der Waals surface area contributed by atoms with E-state index in [0.717, 1.165) is 10.9 Å². The van der Waals surface area contributed by atoms with Crippen molar-refractivity contribution >= 4 is 34.7 Å². The number of ether oxygens (including phenoxy) is 2. The van der Waals surface area contributed by atoms with Crippen LogP contribution in [0.15, 0.2) is 24.4 Å². The fourth-order valence-corrected chi connectivity index (χ4v) is 2.80. The molecular formula is C19H22N2O6. The second kappa shape index (κ2) is 8.48. The van der Waals surface area contributed by atoms with Crippen molar-refractivity contribution in [3.8, 4) is 0 Å². The van der Waals surface area contributed by atoms with Crippen molar-refractivity contribution in [3.63, 3.8) is 0 Å². The molecule has 2 aromatic rings. The van der Waals surface area contributed by atoms with Gasteiger partial charge < -0.3 is 14.8 Å². The number of hydrogen-bond donors (Lipinski definition) is 1. The van der Waals surface area contributed by atoms with E-state index in [-0.39, 0.29) is 24.7 Å². The standard InChI is InChI=1S/C19H22N2O6/c1-11(22)14-5-6-18-17(8-14)15(9-21(18)12(2)23)7-16(10-27-13(3)24)20-19(25)26-4/h5-6,8-9,16H,7,10H2,1-4H3,(H,20,25)/t16-/m0/s1. The Bertz CT molecular complexity index is 899. The number of carbonyl (C=O) groups is 4. The average molecular weight is 374 g/mol. The van der Waals surface area contributed by atoms with Crippen molar-refractivity contribution in [2.75, 3.05) is 13.7 Å². The molecule has 0 aliphatic heterocycles. The minimum absolute atomic E-state index is 0.0520. The molecule has 1 amide bonds. The van der Waals surface area contributed by atoms with Crippen LogP contribution in [-0.2, 0) is 20.7 Å². The number of amides is 1. The highest BCUT2D eigenvalue weighted by Gasteiger charge is 2.20. The molecule has 0 fully saturated rings. The van der Waals surface area contributed by atoms with Crippen LogP contribution in [0.25, 0.3) is 10.9 Å². The summed E-state index contributed by atoms with van der Waals surface area (Å²) in [5.74, 6) is -0.751. The van der Waals surface area contributed by atoms with E-state index in [1.165, 1.54) is 32.4 Å². The molecule has 1 N–H and O–H groups in total. The average Bonchev–Trinajstić information content (AvgIpc) is 2.97. The lowest BCUT2D eigenvalue weighted by Gasteiger charge is -2.17. The molecule has 27 heavy (non-hydrogen) atoms. The van der Waals surface area contributed by atoms with Crippen LogP contribution in [0.4, 0.5) is 4.79 Å². The molecule has 144 valence electrons. The van der Waals surface area contributed by atoms with Crippen LogP contribution in [0.5, 0.6) is 0 Å². The maximum atomic E-state index is 12.0. The SMILES string of the molecule is COC(=O)N[C@H](COC(C)=O)Cc1cn(C(C)=O)c2ccc(C(C)=O)cc12. The van der Waals surface area contributed by atoms with E-state index in [4.69, 9.17) is 4.74 Å². The first kappa shape index (κ1) is 20.2. The molecule has 0 spiro atoms. The Labute approximate surface area is 156 Å². The number of nitrogens with zero attached hydrogens (tertiary/aromatic N) is 1. The molecule has 1 aromatic carbocycles. The van der Waals surface area contributed by atoms with Gasteiger partial charge in [0.1, 0.15) is 6.61 Å². The predicted molar refractivity (Wildman–Crippen MR) is 97.9 cm³/mol. The lowest BCUT2D eigenvalue weighted by atomic mass is 10.0. The molecule has 0 bridgehead atoms. The third-order valence-electron chi connectivity index (χ3n) is 4.09. The Morgan fingerprint density at radius 1 is 1.15 bits per heavy atom. The summed E-state index contributed by atoms with van der Waals surface area (Å²) in [4.78, 5) is 46.4. The number of benzene rings is 1. The Hall–Kier alpha value is -3.16. The van der Waals surface area contributed by atoms with Gasteiger partial charge in [-0.25, -0.2) is 4.79 Å². The van der Waals surface area contributed by atoms with Gasteiger partial charge in [0.25, 0.3) is 0 Å². The summed E-state index contributed by atoms with van der Waals surface area (Å²) in [6.07, 6.45) is 1.28. The number of carbonyl (C=O) groups excluding carboxylic acids is 4. The summed E-state index contributed by atoms with van der Waals surface area (Å²) in [7, 11) is 1.24. The van der Waals surface area contributed by atoms with Gasteiger partial charge in [-0.15, -0.1) is 0 Å². The number of esters is 1. The van der Waals surface area contributed by atoms with Gasteiger partial charge in [0.2, 0.25) is 5.91 Å². The summed E-state index contributed by atoms with van der Waals surface area (Å²) < 4.78 is 11.1. The zero-order chi connectivity index (χ0) is 20.1. The number of methoxy groups -OCH3 is 1. The van der Waals surface area contributed by atoms with Crippen molar-refractivity contribution in [3.05, 3.63) is 35.5 Å². The van der Waals surface area contributed by atoms with Crippen LogP contribution in [0.2, 0.25) is 0 Å². The summed E-state index contributed by atoms with van der Waals surface area (Å²) in [6, 6.07) is 4.53. The van der Waals surface area contributed by atoms with Crippen LogP contribution in [0.3, 0.4) is 0 Å². The van der Waals surface area contributed by atoms with Crippen LogP contribution in [-0.4, -0.2) is 48.1 Å². The molecular weight excluding hydrogens is 352 g/mol. The molecule has 0 aliphatic carbocycles. The Kier molecular flexibility index (Phi) is 6.33. The third kappa shape index (κ3) is 4.93. The van der Waals surface area contributed by atoms with Gasteiger partial charge in [-0.3, -0.25) is 19.0 Å². The van der Waals surface area contributed by atoms with Gasteiger partial charge in [-0.05, 0) is 37.1 Å². The number of alkyl carbamates (subject to hydrolysis) is 1. The normalized spacial score (nSPS) is 11.7. The number of nitrogens with one attached hydrogen (secondary N) is 1. The van der Waals surface area contributed by atoms with Crippen molar-refractivity contribution in [1.82, 2.24) is 9.88 Å². The molecule has 1 atom stereocenters. The molecule has 0 radical (unpaired) electrons. The zero-order valence-corrected chi connectivity index (χ0v) is 15.7. The largest absolute Gasteiger partial charge is 0.464 e. The fraction of sp³-hybridized carbons (Fsp3) is 0.368. The number of aromatic nitrogens is 1. The highest BCUT2D eigenvalue weighted by atomic mass is 16.5. The van der Waals surface area contributed by atoms with Crippen molar-refractivity contribution in [2.45, 2.75) is 33.2 Å². The number of Topliss-reactive ketones (excluding diaryl/α,β-unsaturated/α-hetero) is 1. The van der Waals surface area contributed by atoms with Gasteiger partial charge in [0.15, 0.2) is 5.78 Å². The molecule has 0 aliphatic rings. The molecule has 1 aromatic heterocycles. The maximum Gasteiger partial charge on any atom is 0.407 e. The molecule has 0 saturated carbocycles. The summed E-state index contributed by atoms with van der Waals surface area (Å²) in [6.45, 7) is 4.12. The summed E-state index contributed by atoms with van der Waals surface area (Å²) in [5, 5.41) is 3.33. The number of rotatable bonds is 6. The Morgan fingerprint density at radius 3 is 2.41 bits per heavy atom. The highest BCUT2D eigenvalue weighted by molar-refractivity contribution is 6.01. The molecule has 8 heteroatoms. The smallest absolute Gasteiger partial charge is 0.407 e. The van der Waals surface area contributed by atoms with Gasteiger partial charge in [-0.1, -0.05) is 0 Å². The zero-order valence-electron chi connectivity index (χ0n) is 15.7. The maximum absolute atomic E-state index is 12.0. The first-order valence-electron chi connectivity index (χ1n) is 8.36. The quantitative estimate of drug-likeness (QED) is 0.615. The van der Waals surface area contributed by atoms with E-state index >= 15 is 0 Å². The van der Waals surface area contributed by atoms with Crippen LogP contribution in [0, 0.1) is 0 Å². The lowest BCUT2D eigenvalue weighted by molar-refractivity contribution is -0.141. The van der Waals surface area contributed by atoms with E-state index in [0.29, 0.717) is 11.1 Å². The van der Waals surface area contributed by atoms with Crippen LogP contribution >= 0.6 is 0 Å². The topological polar surface area (TPSA) is 104 Å². The second-order valence-corrected chi connectivity index (χ2v) is 6.17. The monoisotopic (exact) mass is 374 g/mol. The number of fused-ring (bicyclic) bond motifs is 1. The fourth-order valence-electron chi connectivity index (χ4n) is 2.80. The predicted octanol–water partition coefficient (Wildman–Crippen LogP) is 2.33. The molecule has 2 rings (SSSR count). The number of ketones is 1. The molecule has 0 unspecified atom stereocenters. The Balaban J connectivity index is 2.44. The number of hydrogen-bond acceptors (Lipinski definition) is 6. The minimum atomic E-state index is -0.660. The second-order valence-electron chi connectivity index (χ2n) is 6.17. The molecule has 1 heterocycles. The molecule has 8 nitrogen and oxygen atoms in total. The van der Waals surface area contributed by atoms with E-state index in [1.807, 2.05) is 0 Å². The minimum Gasteiger partial charge on any atom is -0.464 e. The van der Waals surface area contributed by atoms with Crippen molar-refractivity contribution in [2.24, 2.45) is 0 Å². The van der Waals surface area contributed by atoms with Gasteiger partial charge in [0, 0.05) is 31.0 Å². The Morgan fingerprint density at radius 2 is 1.85 bits per heavy atom. The van der Waals surface area contributed by atoms with E-state index in [9.17, 15) is 19.2 Å². The van der Waals surface area contributed by atoms with Gasteiger partial charge in [-0.2, -0.15) is 0 Å². The van der Waals surface area contributed by atoms with Crippen LogP contribution in [0.1, 0.15) is 41.5 Å². The summed E-state index contributed by atoms with van der Waals surface area (Å²) in [5.41, 5.74) is 1.91. The van der Waals surface area contributed by atoms with Crippen molar-refractivity contribution in [1.29, 1.82) is 0 Å². The molecule has 0 saturated heterocycles. The van der Waals surface area contributed by atoms with E-state index in [1.54, 1.807) is 24.4 Å². The van der Waals surface area contributed by atoms with Gasteiger partial charge in [0.05, 0.1) is 18.7 Å². The third-order valence-corrected chi connectivity index (χ3v) is 4.09. The first-order valence-corrected chi connectivity index (χ1v) is 8.36. The highest BCUT2D eigenvalue weighted by Crippen LogP contribution is 2.25. The van der Waals surface area contributed by atoms with Crippen molar-refractivity contribution < 1.29 is 28.7 Å².